The molecule has 144 valence electrons. The molecule has 3 rings (SSSR count). The molecular weight excluding hydrogens is 364 g/mol. The number of amides is 2. The molecule has 2 amide bonds. The van der Waals surface area contributed by atoms with Crippen molar-refractivity contribution in [1.29, 1.82) is 0 Å². The first-order chi connectivity index (χ1) is 12.9. The van der Waals surface area contributed by atoms with E-state index >= 15 is 0 Å². The summed E-state index contributed by atoms with van der Waals surface area (Å²) in [6.07, 6.45) is 3.38. The minimum absolute atomic E-state index is 0.192. The molecule has 0 unspecified atom stereocenters. The number of sulfonamides is 1. The van der Waals surface area contributed by atoms with Gasteiger partial charge in [0.25, 0.3) is 0 Å². The fourth-order valence-corrected chi connectivity index (χ4v) is 4.78. The number of pyridine rings is 1. The number of nitrogens with one attached hydrogen (secondary N) is 1. The van der Waals surface area contributed by atoms with E-state index in [0.29, 0.717) is 24.5 Å². The summed E-state index contributed by atoms with van der Waals surface area (Å²) in [5, 5.41) is 2.85. The molecule has 1 aliphatic rings. The molecule has 27 heavy (non-hydrogen) atoms. The van der Waals surface area contributed by atoms with E-state index < -0.39 is 10.0 Å². The van der Waals surface area contributed by atoms with E-state index in [9.17, 15) is 13.2 Å². The van der Waals surface area contributed by atoms with Crippen molar-refractivity contribution in [2.24, 2.45) is 0 Å². The number of nitrogens with zero attached hydrogens (tertiary/aromatic N) is 3. The summed E-state index contributed by atoms with van der Waals surface area (Å²) in [4.78, 5) is 18.3. The summed E-state index contributed by atoms with van der Waals surface area (Å²) < 4.78 is 27.4. The minimum atomic E-state index is -3.55. The van der Waals surface area contributed by atoms with Crippen LogP contribution in [0.25, 0.3) is 0 Å². The molecule has 2 aromatic rings. The predicted molar refractivity (Wildman–Crippen MR) is 103 cm³/mol. The predicted octanol–water partition coefficient (Wildman–Crippen LogP) is 1.91. The Kier molecular flexibility index (Phi) is 5.76. The summed E-state index contributed by atoms with van der Waals surface area (Å²) in [6, 6.07) is 8.95. The van der Waals surface area contributed by atoms with Crippen LogP contribution in [-0.2, 0) is 16.6 Å². The normalized spacial score (nSPS) is 15.6. The van der Waals surface area contributed by atoms with Gasteiger partial charge in [0.05, 0.1) is 4.90 Å². The van der Waals surface area contributed by atoms with Crippen LogP contribution in [0.3, 0.4) is 0 Å². The van der Waals surface area contributed by atoms with E-state index in [0.717, 1.165) is 16.7 Å². The Morgan fingerprint density at radius 2 is 1.89 bits per heavy atom. The lowest BCUT2D eigenvalue weighted by Crippen LogP contribution is -2.53. The van der Waals surface area contributed by atoms with E-state index in [2.05, 4.69) is 10.3 Å². The van der Waals surface area contributed by atoms with Gasteiger partial charge in [0.2, 0.25) is 10.0 Å². The van der Waals surface area contributed by atoms with Gasteiger partial charge in [-0.15, -0.1) is 0 Å². The molecular formula is C19H24N4O3S. The van der Waals surface area contributed by atoms with Crippen molar-refractivity contribution >= 4 is 16.1 Å². The van der Waals surface area contributed by atoms with Gasteiger partial charge in [-0.1, -0.05) is 18.2 Å². The highest BCUT2D eigenvalue weighted by molar-refractivity contribution is 7.89. The molecule has 0 saturated carbocycles. The van der Waals surface area contributed by atoms with Crippen LogP contribution in [0.15, 0.2) is 47.6 Å². The summed E-state index contributed by atoms with van der Waals surface area (Å²) in [5.74, 6) is 0. The Balaban J connectivity index is 1.59. The number of benzene rings is 1. The number of carbonyl (C=O) groups is 1. The molecule has 1 N–H and O–H groups in total. The molecule has 0 aliphatic carbocycles. The molecule has 1 aliphatic heterocycles. The molecule has 1 saturated heterocycles. The quantitative estimate of drug-likeness (QED) is 0.867. The van der Waals surface area contributed by atoms with Crippen molar-refractivity contribution in [3.8, 4) is 0 Å². The number of hydrogen-bond donors (Lipinski definition) is 1. The highest BCUT2D eigenvalue weighted by Crippen LogP contribution is 2.22. The molecule has 1 fully saturated rings. The summed E-state index contributed by atoms with van der Waals surface area (Å²) in [6.45, 7) is 5.38. The SMILES string of the molecule is Cc1ccc(C)c(S(=O)(=O)N2CCN(C(=O)NCc3cccnc3)CC2)c1. The first-order valence-corrected chi connectivity index (χ1v) is 10.3. The summed E-state index contributed by atoms with van der Waals surface area (Å²) in [7, 11) is -3.55. The monoisotopic (exact) mass is 388 g/mol. The maximum atomic E-state index is 12.9. The van der Waals surface area contributed by atoms with Gasteiger partial charge in [0, 0.05) is 45.1 Å². The number of piperazine rings is 1. The Morgan fingerprint density at radius 1 is 1.15 bits per heavy atom. The minimum Gasteiger partial charge on any atom is -0.334 e. The lowest BCUT2D eigenvalue weighted by Gasteiger charge is -2.34. The van der Waals surface area contributed by atoms with Gasteiger partial charge in [-0.05, 0) is 42.7 Å². The van der Waals surface area contributed by atoms with Crippen molar-refractivity contribution in [2.75, 3.05) is 26.2 Å². The zero-order chi connectivity index (χ0) is 19.4. The average molecular weight is 388 g/mol. The number of urea groups is 1. The van der Waals surface area contributed by atoms with Crippen LogP contribution in [0.4, 0.5) is 4.79 Å². The zero-order valence-electron chi connectivity index (χ0n) is 15.6. The molecule has 2 heterocycles. The van der Waals surface area contributed by atoms with Gasteiger partial charge in [0.15, 0.2) is 0 Å². The van der Waals surface area contributed by atoms with E-state index in [1.54, 1.807) is 30.3 Å². The maximum absolute atomic E-state index is 12.9. The topological polar surface area (TPSA) is 82.6 Å². The van der Waals surface area contributed by atoms with Gasteiger partial charge in [-0.25, -0.2) is 13.2 Å². The largest absolute Gasteiger partial charge is 0.334 e. The Labute approximate surface area is 160 Å². The van der Waals surface area contributed by atoms with E-state index in [1.165, 1.54) is 4.31 Å². The van der Waals surface area contributed by atoms with Crippen molar-refractivity contribution < 1.29 is 13.2 Å². The number of aryl methyl sites for hydroxylation is 2. The fourth-order valence-electron chi connectivity index (χ4n) is 3.05. The van der Waals surface area contributed by atoms with Crippen LogP contribution in [-0.4, -0.2) is 54.8 Å². The standard InChI is InChI=1S/C19H24N4O3S/c1-15-5-6-16(2)18(12-15)27(25,26)23-10-8-22(9-11-23)19(24)21-14-17-4-3-7-20-13-17/h3-7,12-13H,8-11,14H2,1-2H3,(H,21,24). The van der Waals surface area contributed by atoms with Crippen LogP contribution < -0.4 is 5.32 Å². The second kappa shape index (κ2) is 8.06. The molecule has 1 aromatic carbocycles. The Morgan fingerprint density at radius 3 is 2.56 bits per heavy atom. The molecule has 8 heteroatoms. The van der Waals surface area contributed by atoms with Crippen LogP contribution in [0.2, 0.25) is 0 Å². The van der Waals surface area contributed by atoms with Crippen LogP contribution in [0.5, 0.6) is 0 Å². The van der Waals surface area contributed by atoms with Crippen molar-refractivity contribution in [3.05, 3.63) is 59.4 Å². The van der Waals surface area contributed by atoms with Crippen LogP contribution >= 0.6 is 0 Å². The number of rotatable bonds is 4. The molecule has 0 radical (unpaired) electrons. The molecule has 0 bridgehead atoms. The fraction of sp³-hybridized carbons (Fsp3) is 0.368. The smallest absolute Gasteiger partial charge is 0.317 e. The highest BCUT2D eigenvalue weighted by atomic mass is 32.2. The van der Waals surface area contributed by atoms with Crippen molar-refractivity contribution in [2.45, 2.75) is 25.3 Å². The third-order valence-electron chi connectivity index (χ3n) is 4.65. The Bertz CT molecular complexity index is 908. The van der Waals surface area contributed by atoms with Crippen molar-refractivity contribution in [3.63, 3.8) is 0 Å². The van der Waals surface area contributed by atoms with Gasteiger partial charge in [0.1, 0.15) is 0 Å². The molecule has 1 aromatic heterocycles. The molecule has 0 atom stereocenters. The third-order valence-corrected chi connectivity index (χ3v) is 6.69. The van der Waals surface area contributed by atoms with Gasteiger partial charge < -0.3 is 10.2 Å². The second-order valence-electron chi connectivity index (χ2n) is 6.68. The van der Waals surface area contributed by atoms with Gasteiger partial charge >= 0.3 is 6.03 Å². The first-order valence-electron chi connectivity index (χ1n) is 8.87. The van der Waals surface area contributed by atoms with Crippen LogP contribution in [0, 0.1) is 13.8 Å². The average Bonchev–Trinajstić information content (AvgIpc) is 2.68. The molecule has 7 nitrogen and oxygen atoms in total. The van der Waals surface area contributed by atoms with E-state index in [-0.39, 0.29) is 19.1 Å². The second-order valence-corrected chi connectivity index (χ2v) is 8.59. The van der Waals surface area contributed by atoms with Gasteiger partial charge in [-0.3, -0.25) is 4.98 Å². The molecule has 0 spiro atoms. The summed E-state index contributed by atoms with van der Waals surface area (Å²) in [5.41, 5.74) is 2.56. The number of carbonyl (C=O) groups excluding carboxylic acids is 1. The Hall–Kier alpha value is -2.45. The zero-order valence-corrected chi connectivity index (χ0v) is 16.4. The number of aromatic nitrogens is 1. The highest BCUT2D eigenvalue weighted by Gasteiger charge is 2.31. The van der Waals surface area contributed by atoms with E-state index in [1.807, 2.05) is 31.2 Å². The van der Waals surface area contributed by atoms with E-state index in [4.69, 9.17) is 0 Å². The lowest BCUT2D eigenvalue weighted by molar-refractivity contribution is 0.172. The number of hydrogen-bond acceptors (Lipinski definition) is 4. The third kappa shape index (κ3) is 4.45. The van der Waals surface area contributed by atoms with Gasteiger partial charge in [-0.2, -0.15) is 4.31 Å². The van der Waals surface area contributed by atoms with Crippen LogP contribution in [0.1, 0.15) is 16.7 Å². The van der Waals surface area contributed by atoms with Crippen molar-refractivity contribution in [1.82, 2.24) is 19.5 Å². The maximum Gasteiger partial charge on any atom is 0.317 e. The lowest BCUT2D eigenvalue weighted by atomic mass is 10.2. The first kappa shape index (κ1) is 19.3. The summed E-state index contributed by atoms with van der Waals surface area (Å²) >= 11 is 0.